The van der Waals surface area contributed by atoms with Crippen LogP contribution in [0, 0.1) is 50.2 Å². The van der Waals surface area contributed by atoms with Crippen LogP contribution in [0.1, 0.15) is 127 Å². The number of esters is 2. The third kappa shape index (κ3) is 14.6. The van der Waals surface area contributed by atoms with Crippen molar-refractivity contribution in [2.24, 2.45) is 50.2 Å². The second-order valence-corrected chi connectivity index (χ2v) is 33.6. The Hall–Kier alpha value is -3.34. The molecule has 12 aliphatic rings. The van der Waals surface area contributed by atoms with Crippen molar-refractivity contribution < 1.29 is 177 Å². The van der Waals surface area contributed by atoms with Crippen molar-refractivity contribution in [1.82, 2.24) is 0 Å². The van der Waals surface area contributed by atoms with Crippen LogP contribution in [0.4, 0.5) is 0 Å². The van der Waals surface area contributed by atoms with Crippen molar-refractivity contribution in [1.29, 1.82) is 0 Å². The molecule has 0 bridgehead atoms. The lowest BCUT2D eigenvalue weighted by Gasteiger charge is -2.71. The van der Waals surface area contributed by atoms with Gasteiger partial charge in [0.05, 0.1) is 55.6 Å². The molecule has 0 spiro atoms. The number of allylic oxidation sites excluding steroid dienone is 2. The molecule has 7 aliphatic heterocycles. The van der Waals surface area contributed by atoms with Gasteiger partial charge < -0.3 is 163 Å². The molecule has 610 valence electrons. The lowest BCUT2D eigenvalue weighted by atomic mass is 9.33. The van der Waals surface area contributed by atoms with E-state index >= 15 is 4.79 Å². The van der Waals surface area contributed by atoms with Crippen LogP contribution in [0.25, 0.3) is 0 Å². The SMILES string of the molecule is CC(=O)O[C@@H]1[C@H](O[C@@H]2O[C@@H](CO)[C@H](O)[C@H]2O)[C@@H](O[C@@H]2O[C@@H](C)[C@H](O[C@@H]3OC[C@@H](O)[C@H](O)[C@H]3O)[C@@H](O)[C@H]2O)[C@H](OC(=O)[C@]23CCC(C)(C)C[C@H]2C2=CC[C@@H]4[C@@]5(C)CC[C@H](O[C@@H]6O[C@H](C(=O)O)[C@@H](O)[C@H](O[C@@H]7OC[C@@H](O)[C@H](O)[C@H]7O)[C@H]6O[C@@H]6O[C@H](CO)[C@H](O)[C@H](O)[C@H]6O)[C@@](C)(C=O)[C@H]5CC[C@@]4(C)[C@]2(C)CC3)O[C@@H]1C. The molecule has 0 aromatic rings. The number of hydrogen-bond acceptors (Lipinski definition) is 35. The van der Waals surface area contributed by atoms with Crippen LogP contribution in [0.3, 0.4) is 0 Å². The average molecular weight is 1540 g/mol. The molecule has 11 fully saturated rings. The zero-order valence-electron chi connectivity index (χ0n) is 61.2. The zero-order chi connectivity index (χ0) is 78.0. The van der Waals surface area contributed by atoms with Gasteiger partial charge >= 0.3 is 17.9 Å². The molecule has 7 heterocycles. The summed E-state index contributed by atoms with van der Waals surface area (Å²) in [6.45, 7) is 13.9. The van der Waals surface area contributed by atoms with E-state index < -0.39 is 286 Å². The Balaban J connectivity index is 0.835. The topological polar surface area (TPSA) is 551 Å². The molecule has 17 N–H and O–H groups in total. The predicted octanol–water partition coefficient (Wildman–Crippen LogP) is -4.75. The number of fused-ring (bicyclic) bond motifs is 7. The van der Waals surface area contributed by atoms with Gasteiger partial charge in [0.1, 0.15) is 128 Å². The largest absolute Gasteiger partial charge is 0.479 e. The van der Waals surface area contributed by atoms with Gasteiger partial charge in [-0.3, -0.25) is 9.59 Å². The van der Waals surface area contributed by atoms with Gasteiger partial charge in [-0.05, 0) is 117 Å². The number of aliphatic hydroxyl groups excluding tert-OH is 16. The number of aliphatic carboxylic acids is 1. The maximum atomic E-state index is 16.2. The molecule has 41 atom stereocenters. The van der Waals surface area contributed by atoms with E-state index in [9.17, 15) is 101 Å². The van der Waals surface area contributed by atoms with Crippen LogP contribution in [0.15, 0.2) is 11.6 Å². The molecule has 0 unspecified atom stereocenters. The molecule has 4 saturated carbocycles. The fraction of sp³-hybridized carbons (Fsp3) is 0.915. The summed E-state index contributed by atoms with van der Waals surface area (Å²) in [5.41, 5.74) is -3.79. The van der Waals surface area contributed by atoms with Crippen molar-refractivity contribution in [3.8, 4) is 0 Å². The van der Waals surface area contributed by atoms with E-state index in [1.807, 2.05) is 0 Å². The maximum absolute atomic E-state index is 16.2. The summed E-state index contributed by atoms with van der Waals surface area (Å²) in [4.78, 5) is 56.5. The Morgan fingerprint density at radius 1 is 0.495 bits per heavy atom. The zero-order valence-corrected chi connectivity index (χ0v) is 61.2. The number of ether oxygens (including phenoxy) is 15. The van der Waals surface area contributed by atoms with Gasteiger partial charge in [-0.15, -0.1) is 0 Å². The quantitative estimate of drug-likeness (QED) is 0.0250. The third-order valence-electron chi connectivity index (χ3n) is 26.8. The van der Waals surface area contributed by atoms with Gasteiger partial charge in [-0.1, -0.05) is 53.2 Å². The summed E-state index contributed by atoms with van der Waals surface area (Å²) < 4.78 is 91.7. The standard InChI is InChI=1S/C71H110O36/c1-26-50(101-58-44(84)38(78)31(76)23-93-58)43(83)48(88)60(95-26)106-56-54(104-61-46(86)41(81)34(22-73)99-61)51(97-28(3)75)27(2)96-63(56)107-65(92)71-18-16-66(4,5)20-30(71)29-10-11-36-67(6)14-13-37(68(7,25-74)35(67)12-15-70(36,9)69(29,8)17-19-71)100-64-55(105-62-47(87)42(82)40(80)33(21-72)98-62)52(49(89)53(103-64)57(90)91)102-59-45(85)39(79)32(77)24-94-59/h10,25-27,30-56,58-64,72-73,76-89H,11-24H2,1-9H3,(H,90,91)/t26-,27+,30-,31+,32+,33+,34-,35-,36+,37-,38-,39-,40-,41-,42-,43-,44+,45+,46+,47+,48+,49-,50-,51-,52-,53-,54-,55+,56+,58-,59-,60-,61-,62-,63-,64+,67-,68-,69+,70+,71-/m0/s1. The van der Waals surface area contributed by atoms with Crippen molar-refractivity contribution in [3.63, 3.8) is 0 Å². The molecule has 0 aromatic heterocycles. The first-order valence-electron chi connectivity index (χ1n) is 37.2. The first-order valence-corrected chi connectivity index (χ1v) is 37.2. The van der Waals surface area contributed by atoms with E-state index in [2.05, 4.69) is 40.7 Å². The lowest BCUT2D eigenvalue weighted by molar-refractivity contribution is -0.391. The molecule has 0 amide bonds. The van der Waals surface area contributed by atoms with Crippen LogP contribution in [0.2, 0.25) is 0 Å². The van der Waals surface area contributed by atoms with Gasteiger partial charge in [0.15, 0.2) is 56.1 Å². The summed E-state index contributed by atoms with van der Waals surface area (Å²) in [5, 5.41) is 185. The number of carbonyl (C=O) groups is 4. The smallest absolute Gasteiger partial charge is 0.335 e. The highest BCUT2D eigenvalue weighted by atomic mass is 16.8. The van der Waals surface area contributed by atoms with Gasteiger partial charge in [-0.25, -0.2) is 4.79 Å². The number of carboxylic acids is 1. The van der Waals surface area contributed by atoms with E-state index in [1.54, 1.807) is 6.92 Å². The van der Waals surface area contributed by atoms with Crippen LogP contribution >= 0.6 is 0 Å². The molecular weight excluding hydrogens is 1430 g/mol. The van der Waals surface area contributed by atoms with E-state index in [1.165, 1.54) is 13.8 Å². The molecule has 36 nitrogen and oxygen atoms in total. The van der Waals surface area contributed by atoms with Gasteiger partial charge in [0, 0.05) is 6.92 Å². The minimum Gasteiger partial charge on any atom is -0.479 e. The Kier molecular flexibility index (Phi) is 24.4. The molecule has 12 rings (SSSR count). The van der Waals surface area contributed by atoms with Gasteiger partial charge in [0.25, 0.3) is 0 Å². The molecule has 5 aliphatic carbocycles. The van der Waals surface area contributed by atoms with E-state index in [4.69, 9.17) is 71.1 Å². The second kappa shape index (κ2) is 31.5. The number of rotatable bonds is 19. The van der Waals surface area contributed by atoms with E-state index in [0.717, 1.165) is 18.8 Å². The molecule has 107 heavy (non-hydrogen) atoms. The summed E-state index contributed by atoms with van der Waals surface area (Å²) in [6, 6.07) is 0. The van der Waals surface area contributed by atoms with Crippen molar-refractivity contribution in [2.75, 3.05) is 26.4 Å². The number of hydrogen-bond donors (Lipinski definition) is 17. The first kappa shape index (κ1) is 83.1. The summed E-state index contributed by atoms with van der Waals surface area (Å²) in [7, 11) is 0. The third-order valence-corrected chi connectivity index (χ3v) is 26.8. The van der Waals surface area contributed by atoms with Crippen LogP contribution in [0.5, 0.6) is 0 Å². The Bertz CT molecular complexity index is 3170. The number of aliphatic hydroxyl groups is 16. The van der Waals surface area contributed by atoms with E-state index in [-0.39, 0.29) is 24.2 Å². The minimum absolute atomic E-state index is 0.125. The number of aldehydes is 1. The molecule has 7 saturated heterocycles. The first-order chi connectivity index (χ1) is 50.2. The minimum atomic E-state index is -2.22. The molecule has 0 aromatic carbocycles. The number of carbonyl (C=O) groups excluding carboxylic acids is 3. The van der Waals surface area contributed by atoms with Crippen LogP contribution in [-0.4, -0.2) is 340 Å². The molecule has 36 heteroatoms. The predicted molar refractivity (Wildman–Crippen MR) is 350 cm³/mol. The van der Waals surface area contributed by atoms with Crippen molar-refractivity contribution in [2.45, 2.75) is 329 Å². The lowest BCUT2D eigenvalue weighted by Crippen LogP contribution is -2.69. The van der Waals surface area contributed by atoms with Crippen molar-refractivity contribution >= 4 is 24.2 Å². The second-order valence-electron chi connectivity index (χ2n) is 33.6. The fourth-order valence-corrected chi connectivity index (χ4v) is 20.3. The van der Waals surface area contributed by atoms with Gasteiger partial charge in [0.2, 0.25) is 6.29 Å². The van der Waals surface area contributed by atoms with Crippen LogP contribution < -0.4 is 0 Å². The normalized spacial score (nSPS) is 53.4. The highest BCUT2D eigenvalue weighted by molar-refractivity contribution is 5.79. The van der Waals surface area contributed by atoms with E-state index in [0.29, 0.717) is 51.4 Å². The molecule has 0 radical (unpaired) electrons. The van der Waals surface area contributed by atoms with Gasteiger partial charge in [-0.2, -0.15) is 0 Å². The average Bonchev–Trinajstić information content (AvgIpc) is 1.05. The van der Waals surface area contributed by atoms with Crippen molar-refractivity contribution in [3.05, 3.63) is 11.6 Å². The highest BCUT2D eigenvalue weighted by Crippen LogP contribution is 2.76. The molecular formula is C71H110O36. The Morgan fingerprint density at radius 2 is 1.00 bits per heavy atom. The maximum Gasteiger partial charge on any atom is 0.335 e. The van der Waals surface area contributed by atoms with Crippen LogP contribution in [-0.2, 0) is 90.2 Å². The monoisotopic (exact) mass is 1540 g/mol. The summed E-state index contributed by atoms with van der Waals surface area (Å²) in [6.07, 6.45) is -50.9. The number of carboxylic acid groups (broad SMARTS) is 1. The fourth-order valence-electron chi connectivity index (χ4n) is 20.3. The Labute approximate surface area is 616 Å². The highest BCUT2D eigenvalue weighted by Gasteiger charge is 2.72. The summed E-state index contributed by atoms with van der Waals surface area (Å²) in [5.74, 6) is -4.37. The Morgan fingerprint density at radius 3 is 1.58 bits per heavy atom. The summed E-state index contributed by atoms with van der Waals surface area (Å²) >= 11 is 0.